The molecule has 7 nitrogen and oxygen atoms in total. The average molecular weight is 406 g/mol. The van der Waals surface area contributed by atoms with Crippen LogP contribution < -0.4 is 14.8 Å². The SMILES string of the molecule is CCN(CC)CCOc1ccccc1NC(=O)c1ccc(S(=O)(=O)NC)cc1. The van der Waals surface area contributed by atoms with Crippen molar-refractivity contribution in [3.05, 3.63) is 54.1 Å². The van der Waals surface area contributed by atoms with E-state index >= 15 is 0 Å². The first kappa shape index (κ1) is 21.9. The number of benzene rings is 2. The molecule has 0 fully saturated rings. The number of sulfonamides is 1. The molecular weight excluding hydrogens is 378 g/mol. The Bertz CT molecular complexity index is 879. The third-order valence-corrected chi connectivity index (χ3v) is 5.82. The highest BCUT2D eigenvalue weighted by Gasteiger charge is 2.14. The second-order valence-corrected chi connectivity index (χ2v) is 7.94. The van der Waals surface area contributed by atoms with Crippen LogP contribution in [0.15, 0.2) is 53.4 Å². The Morgan fingerprint density at radius 3 is 2.29 bits per heavy atom. The minimum atomic E-state index is -3.53. The molecule has 2 rings (SSSR count). The highest BCUT2D eigenvalue weighted by Crippen LogP contribution is 2.24. The predicted octanol–water partition coefficient (Wildman–Crippen LogP) is 2.57. The van der Waals surface area contributed by atoms with Crippen LogP contribution >= 0.6 is 0 Å². The van der Waals surface area contributed by atoms with E-state index in [9.17, 15) is 13.2 Å². The fourth-order valence-electron chi connectivity index (χ4n) is 2.62. The number of nitrogens with one attached hydrogen (secondary N) is 2. The monoisotopic (exact) mass is 405 g/mol. The molecule has 152 valence electrons. The summed E-state index contributed by atoms with van der Waals surface area (Å²) in [4.78, 5) is 14.9. The van der Waals surface area contributed by atoms with E-state index in [2.05, 4.69) is 28.8 Å². The summed E-state index contributed by atoms with van der Waals surface area (Å²) >= 11 is 0. The normalized spacial score (nSPS) is 11.4. The number of hydrogen-bond donors (Lipinski definition) is 2. The first-order chi connectivity index (χ1) is 13.4. The topological polar surface area (TPSA) is 87.7 Å². The molecule has 28 heavy (non-hydrogen) atoms. The van der Waals surface area contributed by atoms with Crippen LogP contribution in [0, 0.1) is 0 Å². The van der Waals surface area contributed by atoms with E-state index in [0.29, 0.717) is 23.6 Å². The summed E-state index contributed by atoms with van der Waals surface area (Å²) in [6.45, 7) is 7.44. The van der Waals surface area contributed by atoms with Crippen LogP contribution in [0.2, 0.25) is 0 Å². The highest BCUT2D eigenvalue weighted by atomic mass is 32.2. The van der Waals surface area contributed by atoms with Gasteiger partial charge in [0.15, 0.2) is 0 Å². The smallest absolute Gasteiger partial charge is 0.255 e. The molecule has 1 amide bonds. The Labute approximate surface area is 166 Å². The first-order valence-electron chi connectivity index (χ1n) is 9.20. The lowest BCUT2D eigenvalue weighted by Crippen LogP contribution is -2.28. The quantitative estimate of drug-likeness (QED) is 0.634. The maximum absolute atomic E-state index is 12.5. The molecule has 2 aromatic carbocycles. The summed E-state index contributed by atoms with van der Waals surface area (Å²) in [6.07, 6.45) is 0. The van der Waals surface area contributed by atoms with Crippen molar-refractivity contribution in [2.24, 2.45) is 0 Å². The van der Waals surface area contributed by atoms with Crippen molar-refractivity contribution in [2.45, 2.75) is 18.7 Å². The van der Waals surface area contributed by atoms with Crippen molar-refractivity contribution in [1.29, 1.82) is 0 Å². The molecule has 2 N–H and O–H groups in total. The van der Waals surface area contributed by atoms with Gasteiger partial charge in [-0.05, 0) is 56.5 Å². The lowest BCUT2D eigenvalue weighted by atomic mass is 10.2. The molecule has 8 heteroatoms. The van der Waals surface area contributed by atoms with E-state index in [0.717, 1.165) is 19.6 Å². The Morgan fingerprint density at radius 1 is 1.04 bits per heavy atom. The van der Waals surface area contributed by atoms with Gasteiger partial charge in [-0.25, -0.2) is 13.1 Å². The molecule has 0 aromatic heterocycles. The third kappa shape index (κ3) is 5.79. The van der Waals surface area contributed by atoms with Gasteiger partial charge in [-0.2, -0.15) is 0 Å². The molecule has 0 unspecified atom stereocenters. The van der Waals surface area contributed by atoms with Crippen molar-refractivity contribution in [2.75, 3.05) is 38.6 Å². The zero-order valence-corrected chi connectivity index (χ0v) is 17.3. The van der Waals surface area contributed by atoms with Crippen LogP contribution in [-0.4, -0.2) is 52.5 Å². The fourth-order valence-corrected chi connectivity index (χ4v) is 3.35. The summed E-state index contributed by atoms with van der Waals surface area (Å²) in [5.74, 6) is 0.255. The minimum Gasteiger partial charge on any atom is -0.490 e. The Morgan fingerprint density at radius 2 is 1.68 bits per heavy atom. The summed E-state index contributed by atoms with van der Waals surface area (Å²) in [6, 6.07) is 13.0. The second kappa shape index (κ2) is 10.2. The zero-order valence-electron chi connectivity index (χ0n) is 16.4. The van der Waals surface area contributed by atoms with Gasteiger partial charge in [0.25, 0.3) is 5.91 Å². The third-order valence-electron chi connectivity index (χ3n) is 4.39. The average Bonchev–Trinajstić information content (AvgIpc) is 2.72. The molecular formula is C20H27N3O4S. The van der Waals surface area contributed by atoms with E-state index in [4.69, 9.17) is 4.74 Å². The molecule has 0 radical (unpaired) electrons. The second-order valence-electron chi connectivity index (χ2n) is 6.06. The van der Waals surface area contributed by atoms with Crippen molar-refractivity contribution >= 4 is 21.6 Å². The maximum atomic E-state index is 12.5. The highest BCUT2D eigenvalue weighted by molar-refractivity contribution is 7.89. The molecule has 0 atom stereocenters. The van der Waals surface area contributed by atoms with Gasteiger partial charge in [-0.15, -0.1) is 0 Å². The summed E-state index contributed by atoms with van der Waals surface area (Å²) in [7, 11) is -2.19. The number of carbonyl (C=O) groups is 1. The van der Waals surface area contributed by atoms with Crippen molar-refractivity contribution in [1.82, 2.24) is 9.62 Å². The van der Waals surface area contributed by atoms with E-state index in [-0.39, 0.29) is 10.8 Å². The van der Waals surface area contributed by atoms with E-state index < -0.39 is 10.0 Å². The number of likely N-dealkylation sites (N-methyl/N-ethyl adjacent to an activating group) is 1. The lowest BCUT2D eigenvalue weighted by molar-refractivity contribution is 0.102. The van der Waals surface area contributed by atoms with Gasteiger partial charge in [-0.1, -0.05) is 26.0 Å². The number of carbonyl (C=O) groups excluding carboxylic acids is 1. The summed E-state index contributed by atoms with van der Waals surface area (Å²) in [5, 5.41) is 2.82. The fraction of sp³-hybridized carbons (Fsp3) is 0.350. The van der Waals surface area contributed by atoms with Crippen LogP contribution in [0.5, 0.6) is 5.75 Å². The molecule has 0 aliphatic rings. The largest absolute Gasteiger partial charge is 0.490 e. The summed E-state index contributed by atoms with van der Waals surface area (Å²) < 4.78 is 31.6. The molecule has 0 heterocycles. The van der Waals surface area contributed by atoms with Gasteiger partial charge in [0.1, 0.15) is 12.4 Å². The van der Waals surface area contributed by atoms with Gasteiger partial charge in [0.2, 0.25) is 10.0 Å². The van der Waals surface area contributed by atoms with Crippen molar-refractivity contribution in [3.8, 4) is 5.75 Å². The summed E-state index contributed by atoms with van der Waals surface area (Å²) in [5.41, 5.74) is 0.923. The van der Waals surface area contributed by atoms with Gasteiger partial charge >= 0.3 is 0 Å². The van der Waals surface area contributed by atoms with Crippen LogP contribution in [-0.2, 0) is 10.0 Å². The minimum absolute atomic E-state index is 0.103. The van der Waals surface area contributed by atoms with Crippen molar-refractivity contribution < 1.29 is 17.9 Å². The number of rotatable bonds is 10. The van der Waals surface area contributed by atoms with E-state index in [1.807, 2.05) is 12.1 Å². The number of hydrogen-bond acceptors (Lipinski definition) is 5. The molecule has 0 bridgehead atoms. The van der Waals surface area contributed by atoms with Crippen LogP contribution in [0.25, 0.3) is 0 Å². The van der Waals surface area contributed by atoms with Gasteiger partial charge in [0.05, 0.1) is 10.6 Å². The molecule has 0 aliphatic heterocycles. The number of nitrogens with zero attached hydrogens (tertiary/aromatic N) is 1. The number of amides is 1. The van der Waals surface area contributed by atoms with Crippen molar-refractivity contribution in [3.63, 3.8) is 0 Å². The standard InChI is InChI=1S/C20H27N3O4S/c1-4-23(5-2)14-15-27-19-9-7-6-8-18(19)22-20(24)16-10-12-17(13-11-16)28(25,26)21-3/h6-13,21H,4-5,14-15H2,1-3H3,(H,22,24). The van der Waals surface area contributed by atoms with E-state index in [1.165, 1.54) is 31.3 Å². The number of anilines is 1. The predicted molar refractivity (Wildman–Crippen MR) is 110 cm³/mol. The van der Waals surface area contributed by atoms with Gasteiger partial charge in [-0.3, -0.25) is 4.79 Å². The number of ether oxygens (including phenoxy) is 1. The number of para-hydroxylation sites is 2. The Hall–Kier alpha value is -2.42. The van der Waals surface area contributed by atoms with Crippen LogP contribution in [0.1, 0.15) is 24.2 Å². The van der Waals surface area contributed by atoms with Gasteiger partial charge in [0, 0.05) is 12.1 Å². The van der Waals surface area contributed by atoms with Crippen LogP contribution in [0.3, 0.4) is 0 Å². The molecule has 0 saturated heterocycles. The Balaban J connectivity index is 2.06. The molecule has 0 spiro atoms. The molecule has 0 saturated carbocycles. The molecule has 0 aliphatic carbocycles. The van der Waals surface area contributed by atoms with E-state index in [1.54, 1.807) is 12.1 Å². The first-order valence-corrected chi connectivity index (χ1v) is 10.7. The van der Waals surface area contributed by atoms with Crippen LogP contribution in [0.4, 0.5) is 5.69 Å². The maximum Gasteiger partial charge on any atom is 0.255 e. The zero-order chi connectivity index (χ0) is 20.6. The molecule has 2 aromatic rings. The Kier molecular flexibility index (Phi) is 7.98. The van der Waals surface area contributed by atoms with Gasteiger partial charge < -0.3 is 15.0 Å². The lowest BCUT2D eigenvalue weighted by Gasteiger charge is -2.19.